The van der Waals surface area contributed by atoms with E-state index < -0.39 is 0 Å². The Hall–Kier alpha value is -1.35. The Morgan fingerprint density at radius 2 is 2.18 bits per heavy atom. The lowest BCUT2D eigenvalue weighted by atomic mass is 10.00. The van der Waals surface area contributed by atoms with Crippen molar-refractivity contribution in [2.45, 2.75) is 25.9 Å². The molecule has 0 bridgehead atoms. The van der Waals surface area contributed by atoms with Crippen molar-refractivity contribution in [3.05, 3.63) is 35.9 Å². The summed E-state index contributed by atoms with van der Waals surface area (Å²) in [4.78, 5) is 11.9. The molecule has 2 atom stereocenters. The van der Waals surface area contributed by atoms with Crippen LogP contribution in [0.5, 0.6) is 0 Å². The van der Waals surface area contributed by atoms with Crippen LogP contribution in [0.4, 0.5) is 0 Å². The van der Waals surface area contributed by atoms with E-state index in [1.165, 1.54) is 0 Å². The van der Waals surface area contributed by atoms with Crippen LogP contribution in [0.25, 0.3) is 0 Å². The molecular weight excluding hydrogens is 214 g/mol. The third-order valence-corrected chi connectivity index (χ3v) is 3.19. The van der Waals surface area contributed by atoms with E-state index in [1.807, 2.05) is 37.3 Å². The van der Waals surface area contributed by atoms with E-state index in [-0.39, 0.29) is 18.0 Å². The van der Waals surface area contributed by atoms with Crippen molar-refractivity contribution in [3.8, 4) is 0 Å². The molecule has 1 aromatic carbocycles. The minimum atomic E-state index is -0.161. The molecule has 0 aromatic heterocycles. The van der Waals surface area contributed by atoms with Gasteiger partial charge < -0.3 is 10.1 Å². The molecule has 0 saturated carbocycles. The van der Waals surface area contributed by atoms with Crippen LogP contribution in [0.15, 0.2) is 30.3 Å². The Balaban J connectivity index is 1.89. The molecule has 92 valence electrons. The van der Waals surface area contributed by atoms with Gasteiger partial charge in [0.25, 0.3) is 0 Å². The third-order valence-electron chi connectivity index (χ3n) is 3.19. The van der Waals surface area contributed by atoms with E-state index in [4.69, 9.17) is 4.74 Å². The molecule has 2 rings (SSSR count). The van der Waals surface area contributed by atoms with Crippen LogP contribution in [-0.4, -0.2) is 19.1 Å². The molecule has 1 unspecified atom stereocenters. The number of rotatable bonds is 3. The van der Waals surface area contributed by atoms with Gasteiger partial charge in [-0.25, -0.2) is 0 Å². The first-order chi connectivity index (χ1) is 8.27. The quantitative estimate of drug-likeness (QED) is 0.814. The van der Waals surface area contributed by atoms with Crippen LogP contribution < -0.4 is 5.32 Å². The molecule has 0 amide bonds. The van der Waals surface area contributed by atoms with Crippen LogP contribution in [0.3, 0.4) is 0 Å². The maximum absolute atomic E-state index is 11.9. The monoisotopic (exact) mass is 233 g/mol. The van der Waals surface area contributed by atoms with Gasteiger partial charge in [0.2, 0.25) is 0 Å². The molecule has 3 heteroatoms. The number of hydrogen-bond acceptors (Lipinski definition) is 3. The SMILES string of the molecule is CC(OC(=O)[C@H]1CCCNC1)c1ccccc1. The average Bonchev–Trinajstić information content (AvgIpc) is 2.40. The maximum Gasteiger partial charge on any atom is 0.310 e. The lowest BCUT2D eigenvalue weighted by molar-refractivity contribution is -0.154. The first-order valence-corrected chi connectivity index (χ1v) is 6.23. The largest absolute Gasteiger partial charge is 0.458 e. The second kappa shape index (κ2) is 5.82. The second-order valence-corrected chi connectivity index (χ2v) is 4.53. The van der Waals surface area contributed by atoms with E-state index in [1.54, 1.807) is 0 Å². The van der Waals surface area contributed by atoms with E-state index >= 15 is 0 Å². The fourth-order valence-electron chi connectivity index (χ4n) is 2.12. The number of nitrogens with one attached hydrogen (secondary N) is 1. The molecule has 1 heterocycles. The van der Waals surface area contributed by atoms with Crippen LogP contribution in [0.1, 0.15) is 31.4 Å². The molecular formula is C14H19NO2. The van der Waals surface area contributed by atoms with Gasteiger partial charge in [0.15, 0.2) is 0 Å². The minimum Gasteiger partial charge on any atom is -0.458 e. The zero-order valence-electron chi connectivity index (χ0n) is 10.2. The lowest BCUT2D eigenvalue weighted by Crippen LogP contribution is -2.35. The van der Waals surface area contributed by atoms with Gasteiger partial charge in [-0.1, -0.05) is 30.3 Å². The van der Waals surface area contributed by atoms with Crippen LogP contribution in [0.2, 0.25) is 0 Å². The van der Waals surface area contributed by atoms with Gasteiger partial charge in [0.1, 0.15) is 6.10 Å². The predicted octanol–water partition coefficient (Wildman–Crippen LogP) is 2.29. The fourth-order valence-corrected chi connectivity index (χ4v) is 2.12. The predicted molar refractivity (Wildman–Crippen MR) is 66.5 cm³/mol. The molecule has 1 saturated heterocycles. The number of carbonyl (C=O) groups excluding carboxylic acids is 1. The van der Waals surface area contributed by atoms with Crippen molar-refractivity contribution in [2.24, 2.45) is 5.92 Å². The van der Waals surface area contributed by atoms with Crippen molar-refractivity contribution in [3.63, 3.8) is 0 Å². The summed E-state index contributed by atoms with van der Waals surface area (Å²) in [5, 5.41) is 3.23. The summed E-state index contributed by atoms with van der Waals surface area (Å²) in [5.41, 5.74) is 1.05. The summed E-state index contributed by atoms with van der Waals surface area (Å²) >= 11 is 0. The third kappa shape index (κ3) is 3.30. The first kappa shape index (κ1) is 12.1. The highest BCUT2D eigenvalue weighted by Crippen LogP contribution is 2.20. The Labute approximate surface area is 102 Å². The van der Waals surface area contributed by atoms with Crippen molar-refractivity contribution in [2.75, 3.05) is 13.1 Å². The zero-order valence-corrected chi connectivity index (χ0v) is 10.2. The fraction of sp³-hybridized carbons (Fsp3) is 0.500. The van der Waals surface area contributed by atoms with Crippen LogP contribution >= 0.6 is 0 Å². The second-order valence-electron chi connectivity index (χ2n) is 4.53. The number of piperidine rings is 1. The van der Waals surface area contributed by atoms with Gasteiger partial charge in [0, 0.05) is 6.54 Å². The van der Waals surface area contributed by atoms with Gasteiger partial charge in [0.05, 0.1) is 5.92 Å². The van der Waals surface area contributed by atoms with E-state index in [0.717, 1.165) is 31.5 Å². The summed E-state index contributed by atoms with van der Waals surface area (Å²) in [6, 6.07) is 9.85. The van der Waals surface area contributed by atoms with Crippen molar-refractivity contribution in [1.82, 2.24) is 5.32 Å². The van der Waals surface area contributed by atoms with Gasteiger partial charge in [-0.2, -0.15) is 0 Å². The van der Waals surface area contributed by atoms with Gasteiger partial charge in [-0.3, -0.25) is 4.79 Å². The van der Waals surface area contributed by atoms with Gasteiger partial charge in [-0.05, 0) is 31.9 Å². The minimum absolute atomic E-state index is 0.0231. The highest BCUT2D eigenvalue weighted by molar-refractivity contribution is 5.73. The van der Waals surface area contributed by atoms with Crippen LogP contribution in [0, 0.1) is 5.92 Å². The number of hydrogen-bond donors (Lipinski definition) is 1. The van der Waals surface area contributed by atoms with E-state index in [2.05, 4.69) is 5.32 Å². The Morgan fingerprint density at radius 3 is 2.82 bits per heavy atom. The summed E-state index contributed by atoms with van der Waals surface area (Å²) < 4.78 is 5.50. The standard InChI is InChI=1S/C14H19NO2/c1-11(12-6-3-2-4-7-12)17-14(16)13-8-5-9-15-10-13/h2-4,6-7,11,13,15H,5,8-10H2,1H3/t11?,13-/m0/s1. The summed E-state index contributed by atoms with van der Waals surface area (Å²) in [5.74, 6) is -0.0523. The average molecular weight is 233 g/mol. The number of ether oxygens (including phenoxy) is 1. The molecule has 0 radical (unpaired) electrons. The van der Waals surface area contributed by atoms with E-state index in [0.29, 0.717) is 0 Å². The summed E-state index contributed by atoms with van der Waals surface area (Å²) in [7, 11) is 0. The molecule has 0 spiro atoms. The summed E-state index contributed by atoms with van der Waals surface area (Å²) in [6.07, 6.45) is 1.83. The molecule has 1 fully saturated rings. The first-order valence-electron chi connectivity index (χ1n) is 6.23. The Bertz CT molecular complexity index is 358. The Kier molecular flexibility index (Phi) is 4.15. The highest BCUT2D eigenvalue weighted by Gasteiger charge is 2.24. The van der Waals surface area contributed by atoms with Gasteiger partial charge in [-0.15, -0.1) is 0 Å². The molecule has 1 aromatic rings. The number of esters is 1. The highest BCUT2D eigenvalue weighted by atomic mass is 16.5. The Morgan fingerprint density at radius 1 is 1.41 bits per heavy atom. The van der Waals surface area contributed by atoms with Crippen LogP contribution in [-0.2, 0) is 9.53 Å². The van der Waals surface area contributed by atoms with Crippen molar-refractivity contribution >= 4 is 5.97 Å². The molecule has 17 heavy (non-hydrogen) atoms. The smallest absolute Gasteiger partial charge is 0.310 e. The van der Waals surface area contributed by atoms with Gasteiger partial charge >= 0.3 is 5.97 Å². The zero-order chi connectivity index (χ0) is 12.1. The normalized spacial score (nSPS) is 21.8. The lowest BCUT2D eigenvalue weighted by Gasteiger charge is -2.23. The van der Waals surface area contributed by atoms with E-state index in [9.17, 15) is 4.79 Å². The maximum atomic E-state index is 11.9. The number of carbonyl (C=O) groups is 1. The van der Waals surface area contributed by atoms with Crippen molar-refractivity contribution < 1.29 is 9.53 Å². The number of benzene rings is 1. The molecule has 1 N–H and O–H groups in total. The molecule has 0 aliphatic carbocycles. The summed E-state index contributed by atoms with van der Waals surface area (Å²) in [6.45, 7) is 3.68. The molecule has 1 aliphatic rings. The molecule has 1 aliphatic heterocycles. The van der Waals surface area contributed by atoms with Crippen molar-refractivity contribution in [1.29, 1.82) is 0 Å². The topological polar surface area (TPSA) is 38.3 Å². The molecule has 3 nitrogen and oxygen atoms in total.